The Kier molecular flexibility index (Phi) is 8.52. The number of aromatic nitrogens is 1. The van der Waals surface area contributed by atoms with Gasteiger partial charge in [-0.2, -0.15) is 12.1 Å². The van der Waals surface area contributed by atoms with Crippen LogP contribution in [0, 0.1) is 32.6 Å². The van der Waals surface area contributed by atoms with Crippen LogP contribution in [0.25, 0.3) is 11.3 Å². The first-order valence-corrected chi connectivity index (χ1v) is 16.5. The summed E-state index contributed by atoms with van der Waals surface area (Å²) in [5.74, 6) is 0. The van der Waals surface area contributed by atoms with Gasteiger partial charge in [0.05, 0.1) is 0 Å². The van der Waals surface area contributed by atoms with Gasteiger partial charge in [-0.1, -0.05) is 102 Å². The summed E-state index contributed by atoms with van der Waals surface area (Å²) in [5, 5.41) is 0. The maximum atomic E-state index is 4.22. The molecule has 4 heteroatoms. The molecule has 0 fully saturated rings. The van der Waals surface area contributed by atoms with Crippen LogP contribution in [0.5, 0.6) is 0 Å². The van der Waals surface area contributed by atoms with E-state index < -0.39 is 0 Å². The van der Waals surface area contributed by atoms with Crippen LogP contribution in [-0.2, 0) is 36.4 Å². The van der Waals surface area contributed by atoms with Crippen molar-refractivity contribution < 1.29 is 20.1 Å². The summed E-state index contributed by atoms with van der Waals surface area (Å²) in [4.78, 5) is 9.04. The van der Waals surface area contributed by atoms with Crippen LogP contribution in [0.1, 0.15) is 87.8 Å². The zero-order chi connectivity index (χ0) is 32.4. The third-order valence-corrected chi connectivity index (χ3v) is 10.5. The second-order valence-electron chi connectivity index (χ2n) is 15.0. The first kappa shape index (κ1) is 33.2. The van der Waals surface area contributed by atoms with Crippen molar-refractivity contribution in [2.75, 3.05) is 9.80 Å². The number of para-hydroxylation sites is 2. The summed E-state index contributed by atoms with van der Waals surface area (Å²) in [7, 11) is 0. The van der Waals surface area contributed by atoms with E-state index in [1.807, 2.05) is 42.5 Å². The standard InChI is InChI=1S/C32H36N2.C11H8N.Ir/c1-20-11-9-12-21(2)28(20)34-19-33-24-16-15-22-26(31(5,6)18-17-30(22,3)4)27(24)32(7,8)23-13-10-14-25(34)29(23)33;1-2-6-10(7-3-1)11-8-4-5-9-12-11;/h9-15,19H,17-18H2,1-8H3;1-6,8-9H;/q-2;-1;+3. The van der Waals surface area contributed by atoms with Crippen molar-refractivity contribution in [2.45, 2.75) is 84.5 Å². The molecule has 4 aromatic carbocycles. The predicted molar refractivity (Wildman–Crippen MR) is 192 cm³/mol. The Morgan fingerprint density at radius 2 is 1.38 bits per heavy atom. The van der Waals surface area contributed by atoms with Crippen LogP contribution in [-0.4, -0.2) is 4.98 Å². The van der Waals surface area contributed by atoms with Gasteiger partial charge in [0, 0.05) is 23.3 Å². The molecule has 0 radical (unpaired) electrons. The molecule has 2 aliphatic heterocycles. The number of nitrogens with zero attached hydrogens (tertiary/aromatic N) is 3. The minimum atomic E-state index is -0.103. The maximum Gasteiger partial charge on any atom is 3.00 e. The van der Waals surface area contributed by atoms with Crippen LogP contribution in [0.15, 0.2) is 91.1 Å². The Bertz CT molecular complexity index is 1870. The molecule has 8 rings (SSSR count). The summed E-state index contributed by atoms with van der Waals surface area (Å²) < 4.78 is 0. The van der Waals surface area contributed by atoms with Gasteiger partial charge in [0.25, 0.3) is 0 Å². The first-order valence-electron chi connectivity index (χ1n) is 16.5. The molecule has 0 atom stereocenters. The second-order valence-corrected chi connectivity index (χ2v) is 15.0. The number of hydrogen-bond donors (Lipinski definition) is 0. The molecule has 0 saturated carbocycles. The Labute approximate surface area is 295 Å². The Balaban J connectivity index is 0.000000250. The molecule has 0 spiro atoms. The summed E-state index contributed by atoms with van der Waals surface area (Å²) in [6, 6.07) is 36.4. The average molecular weight is 795 g/mol. The van der Waals surface area contributed by atoms with E-state index in [4.69, 9.17) is 0 Å². The first-order chi connectivity index (χ1) is 21.9. The van der Waals surface area contributed by atoms with Crippen LogP contribution < -0.4 is 9.80 Å². The Hall–Kier alpha value is -3.72. The number of hydrogen-bond acceptors (Lipinski definition) is 3. The predicted octanol–water partition coefficient (Wildman–Crippen LogP) is 11.0. The van der Waals surface area contributed by atoms with E-state index in [0.717, 1.165) is 11.3 Å². The van der Waals surface area contributed by atoms with Crippen LogP contribution in [0.4, 0.5) is 22.7 Å². The molecule has 47 heavy (non-hydrogen) atoms. The van der Waals surface area contributed by atoms with Gasteiger partial charge in [-0.3, -0.25) is 0 Å². The fraction of sp³-hybridized carbons (Fsp3) is 0.302. The van der Waals surface area contributed by atoms with Gasteiger partial charge in [0.15, 0.2) is 0 Å². The zero-order valence-electron chi connectivity index (χ0n) is 28.8. The fourth-order valence-electron chi connectivity index (χ4n) is 7.92. The number of anilines is 4. The molecule has 0 saturated heterocycles. The normalized spacial score (nSPS) is 17.4. The fourth-order valence-corrected chi connectivity index (χ4v) is 7.92. The molecule has 0 bridgehead atoms. The number of pyridine rings is 1. The van der Waals surface area contributed by atoms with E-state index in [9.17, 15) is 0 Å². The Morgan fingerprint density at radius 1 is 0.681 bits per heavy atom. The van der Waals surface area contributed by atoms with Crippen LogP contribution in [0.3, 0.4) is 0 Å². The molecule has 3 heterocycles. The van der Waals surface area contributed by atoms with E-state index >= 15 is 0 Å². The summed E-state index contributed by atoms with van der Waals surface area (Å²) in [6.45, 7) is 21.3. The number of aryl methyl sites for hydroxylation is 2. The molecule has 0 N–H and O–H groups in total. The van der Waals surface area contributed by atoms with Crippen molar-refractivity contribution in [3.63, 3.8) is 0 Å². The Morgan fingerprint density at radius 3 is 2.06 bits per heavy atom. The molecule has 1 aliphatic carbocycles. The average Bonchev–Trinajstić information content (AvgIpc) is 3.43. The van der Waals surface area contributed by atoms with Gasteiger partial charge >= 0.3 is 20.1 Å². The smallest absolute Gasteiger partial charge is 0.493 e. The quantitative estimate of drug-likeness (QED) is 0.166. The summed E-state index contributed by atoms with van der Waals surface area (Å²) in [5.41, 5.74) is 15.8. The number of rotatable bonds is 2. The third kappa shape index (κ3) is 5.44. The number of fused-ring (bicyclic) bond motifs is 4. The van der Waals surface area contributed by atoms with Gasteiger partial charge in [0.1, 0.15) is 0 Å². The molecule has 5 aromatic rings. The zero-order valence-corrected chi connectivity index (χ0v) is 31.2. The molecular formula is C43H44IrN3. The SMILES string of the molecule is Cc1cccc(C)c1N1[CH-]N2c3[c-]cc4c(c3C(C)(C)c3cccc1c32)C(C)(C)CCC4(C)C.[Ir+3].[c-]1ccccc1-c1ccccn1. The van der Waals surface area contributed by atoms with Gasteiger partial charge in [-0.25, -0.2) is 0 Å². The van der Waals surface area contributed by atoms with E-state index in [2.05, 4.69) is 131 Å². The third-order valence-electron chi connectivity index (χ3n) is 10.5. The summed E-state index contributed by atoms with van der Waals surface area (Å²) in [6.07, 6.45) is 4.22. The molecule has 3 aliphatic rings. The van der Waals surface area contributed by atoms with Crippen molar-refractivity contribution in [1.29, 1.82) is 0 Å². The van der Waals surface area contributed by atoms with E-state index in [0.29, 0.717) is 0 Å². The van der Waals surface area contributed by atoms with Gasteiger partial charge in [-0.15, -0.1) is 59.3 Å². The maximum absolute atomic E-state index is 4.22. The second kappa shape index (κ2) is 12.1. The molecular weight excluding hydrogens is 751 g/mol. The van der Waals surface area contributed by atoms with Crippen molar-refractivity contribution in [1.82, 2.24) is 4.98 Å². The molecule has 0 unspecified atom stereocenters. The van der Waals surface area contributed by atoms with E-state index in [1.165, 1.54) is 63.4 Å². The minimum Gasteiger partial charge on any atom is -0.493 e. The van der Waals surface area contributed by atoms with Crippen LogP contribution >= 0.6 is 0 Å². The van der Waals surface area contributed by atoms with Crippen molar-refractivity contribution >= 4 is 22.7 Å². The van der Waals surface area contributed by atoms with Crippen molar-refractivity contribution in [3.8, 4) is 11.3 Å². The van der Waals surface area contributed by atoms with Gasteiger partial charge < -0.3 is 14.8 Å². The van der Waals surface area contributed by atoms with E-state index in [-0.39, 0.29) is 36.4 Å². The van der Waals surface area contributed by atoms with Gasteiger partial charge in [0.2, 0.25) is 0 Å². The molecule has 1 aromatic heterocycles. The number of benzene rings is 4. The minimum absolute atomic E-state index is 0. The van der Waals surface area contributed by atoms with E-state index in [1.54, 1.807) is 11.8 Å². The largest absolute Gasteiger partial charge is 3.00 e. The molecule has 0 amide bonds. The summed E-state index contributed by atoms with van der Waals surface area (Å²) >= 11 is 0. The van der Waals surface area contributed by atoms with Crippen molar-refractivity contribution in [2.24, 2.45) is 0 Å². The van der Waals surface area contributed by atoms with Crippen LogP contribution in [0.2, 0.25) is 0 Å². The monoisotopic (exact) mass is 795 g/mol. The topological polar surface area (TPSA) is 19.4 Å². The van der Waals surface area contributed by atoms with Gasteiger partial charge in [-0.05, 0) is 65.6 Å². The molecule has 3 nitrogen and oxygen atoms in total. The molecule has 240 valence electrons. The van der Waals surface area contributed by atoms with Crippen molar-refractivity contribution in [3.05, 3.63) is 143 Å².